The van der Waals surface area contributed by atoms with Crippen molar-refractivity contribution >= 4 is 17.1 Å². The van der Waals surface area contributed by atoms with Crippen LogP contribution in [0.2, 0.25) is 0 Å². The topological polar surface area (TPSA) is 20.2 Å². The highest BCUT2D eigenvalue weighted by atomic mass is 32.1. The van der Waals surface area contributed by atoms with E-state index in [2.05, 4.69) is 31.2 Å². The number of allylic oxidation sites excluding steroid dienone is 7. The Balaban J connectivity index is 0.000000181. The molecular formula is C15H20OS. The number of rotatable bonds is 2. The fourth-order valence-electron chi connectivity index (χ4n) is 1.68. The average molecular weight is 248 g/mol. The Hall–Kier alpha value is -0.990. The summed E-state index contributed by atoms with van der Waals surface area (Å²) in [5.41, 5.74) is 2.52. The van der Waals surface area contributed by atoms with Crippen LogP contribution in [0.5, 0.6) is 0 Å². The largest absolute Gasteiger partial charge is 0.391 e. The van der Waals surface area contributed by atoms with Gasteiger partial charge in [0.25, 0.3) is 0 Å². The van der Waals surface area contributed by atoms with Crippen LogP contribution < -0.4 is 0 Å². The first-order chi connectivity index (χ1) is 8.24. The third kappa shape index (κ3) is 5.76. The first-order valence-corrected chi connectivity index (χ1v) is 6.48. The van der Waals surface area contributed by atoms with Crippen molar-refractivity contribution in [2.45, 2.75) is 32.6 Å². The van der Waals surface area contributed by atoms with Crippen LogP contribution in [-0.2, 0) is 0 Å². The van der Waals surface area contributed by atoms with E-state index in [0.717, 1.165) is 18.4 Å². The summed E-state index contributed by atoms with van der Waals surface area (Å²) in [6.45, 7) is 2.14. The van der Waals surface area contributed by atoms with Crippen LogP contribution in [0.3, 0.4) is 0 Å². The van der Waals surface area contributed by atoms with Crippen molar-refractivity contribution < 1.29 is 5.11 Å². The van der Waals surface area contributed by atoms with Crippen LogP contribution in [0.4, 0.5) is 0 Å². The SMILES string of the molecule is CC1=CCCC=C1.OCC(=S)C1=CC=CCC1. The van der Waals surface area contributed by atoms with Crippen molar-refractivity contribution in [3.63, 3.8) is 0 Å². The highest BCUT2D eigenvalue weighted by molar-refractivity contribution is 7.80. The zero-order chi connectivity index (χ0) is 12.5. The van der Waals surface area contributed by atoms with Crippen LogP contribution >= 0.6 is 12.2 Å². The summed E-state index contributed by atoms with van der Waals surface area (Å²) in [7, 11) is 0. The van der Waals surface area contributed by atoms with Crippen LogP contribution in [0, 0.1) is 0 Å². The molecule has 0 atom stereocenters. The Morgan fingerprint density at radius 2 is 2.12 bits per heavy atom. The molecular weight excluding hydrogens is 228 g/mol. The molecule has 0 fully saturated rings. The molecule has 1 nitrogen and oxygen atoms in total. The normalized spacial score (nSPS) is 17.8. The molecule has 0 aliphatic heterocycles. The van der Waals surface area contributed by atoms with Gasteiger partial charge in [0.2, 0.25) is 0 Å². The molecule has 0 radical (unpaired) electrons. The minimum Gasteiger partial charge on any atom is -0.391 e. The summed E-state index contributed by atoms with van der Waals surface area (Å²) < 4.78 is 0. The smallest absolute Gasteiger partial charge is 0.0785 e. The van der Waals surface area contributed by atoms with Gasteiger partial charge in [0.1, 0.15) is 0 Å². The van der Waals surface area contributed by atoms with Gasteiger partial charge in [0.15, 0.2) is 0 Å². The van der Waals surface area contributed by atoms with E-state index >= 15 is 0 Å². The monoisotopic (exact) mass is 248 g/mol. The molecule has 0 aromatic rings. The summed E-state index contributed by atoms with van der Waals surface area (Å²) >= 11 is 4.92. The van der Waals surface area contributed by atoms with Crippen LogP contribution in [0.1, 0.15) is 32.6 Å². The first kappa shape index (κ1) is 14.1. The van der Waals surface area contributed by atoms with Gasteiger partial charge in [-0.3, -0.25) is 0 Å². The molecule has 2 aliphatic rings. The Morgan fingerprint density at radius 3 is 2.53 bits per heavy atom. The second-order valence-electron chi connectivity index (χ2n) is 4.17. The predicted octanol–water partition coefficient (Wildman–Crippen LogP) is 3.91. The van der Waals surface area contributed by atoms with Crippen molar-refractivity contribution in [3.05, 3.63) is 47.6 Å². The Bertz CT molecular complexity index is 372. The molecule has 0 aromatic heterocycles. The van der Waals surface area contributed by atoms with Crippen molar-refractivity contribution in [2.24, 2.45) is 0 Å². The molecule has 2 heteroatoms. The summed E-state index contributed by atoms with van der Waals surface area (Å²) in [6.07, 6.45) is 17.2. The van der Waals surface area contributed by atoms with Gasteiger partial charge in [0, 0.05) is 4.86 Å². The van der Waals surface area contributed by atoms with Crippen LogP contribution in [-0.4, -0.2) is 16.6 Å². The third-order valence-corrected chi connectivity index (χ3v) is 3.09. The molecule has 1 N–H and O–H groups in total. The molecule has 2 aliphatic carbocycles. The molecule has 0 heterocycles. The Kier molecular flexibility index (Phi) is 6.75. The lowest BCUT2D eigenvalue weighted by molar-refractivity contribution is 0.359. The molecule has 0 unspecified atom stereocenters. The van der Waals surface area contributed by atoms with E-state index in [1.807, 2.05) is 12.2 Å². The fourth-order valence-corrected chi connectivity index (χ4v) is 1.85. The van der Waals surface area contributed by atoms with Gasteiger partial charge in [-0.15, -0.1) is 0 Å². The summed E-state index contributed by atoms with van der Waals surface area (Å²) in [6, 6.07) is 0. The van der Waals surface area contributed by atoms with E-state index in [-0.39, 0.29) is 6.61 Å². The van der Waals surface area contributed by atoms with E-state index in [0.29, 0.717) is 4.86 Å². The molecule has 0 aromatic carbocycles. The van der Waals surface area contributed by atoms with E-state index in [1.165, 1.54) is 18.4 Å². The standard InChI is InChI=1S/C8H10OS.C7H10/c9-6-8(10)7-4-2-1-3-5-7;1-7-5-3-2-4-6-7/h1-2,4,9H,3,5-6H2;3,5-6H,2,4H2,1H3. The number of aliphatic hydroxyl groups is 1. The van der Waals surface area contributed by atoms with E-state index in [4.69, 9.17) is 17.3 Å². The Morgan fingerprint density at radius 1 is 1.29 bits per heavy atom. The molecule has 0 saturated heterocycles. The highest BCUT2D eigenvalue weighted by Gasteiger charge is 2.03. The number of hydrogen-bond donors (Lipinski definition) is 1. The van der Waals surface area contributed by atoms with Gasteiger partial charge in [-0.1, -0.05) is 54.2 Å². The van der Waals surface area contributed by atoms with Crippen molar-refractivity contribution in [1.29, 1.82) is 0 Å². The summed E-state index contributed by atoms with van der Waals surface area (Å²) in [4.78, 5) is 0.685. The van der Waals surface area contributed by atoms with Gasteiger partial charge in [-0.2, -0.15) is 0 Å². The van der Waals surface area contributed by atoms with Gasteiger partial charge < -0.3 is 5.11 Å². The summed E-state index contributed by atoms with van der Waals surface area (Å²) in [5, 5.41) is 8.68. The van der Waals surface area contributed by atoms with Crippen molar-refractivity contribution in [3.8, 4) is 0 Å². The molecule has 17 heavy (non-hydrogen) atoms. The van der Waals surface area contributed by atoms with Crippen molar-refractivity contribution in [1.82, 2.24) is 0 Å². The lowest BCUT2D eigenvalue weighted by atomic mass is 10.0. The average Bonchev–Trinajstić information content (AvgIpc) is 2.40. The molecule has 2 rings (SSSR count). The zero-order valence-corrected chi connectivity index (χ0v) is 11.2. The fraction of sp³-hybridized carbons (Fsp3) is 0.400. The molecule has 0 saturated carbocycles. The predicted molar refractivity (Wildman–Crippen MR) is 78.3 cm³/mol. The van der Waals surface area contributed by atoms with Crippen molar-refractivity contribution in [2.75, 3.05) is 6.61 Å². The van der Waals surface area contributed by atoms with Gasteiger partial charge >= 0.3 is 0 Å². The van der Waals surface area contributed by atoms with Gasteiger partial charge in [-0.05, 0) is 38.2 Å². The maximum absolute atomic E-state index is 8.68. The molecule has 0 bridgehead atoms. The van der Waals surface area contributed by atoms with E-state index in [1.54, 1.807) is 0 Å². The second kappa shape index (κ2) is 8.15. The first-order valence-electron chi connectivity index (χ1n) is 6.07. The molecule has 0 amide bonds. The number of aliphatic hydroxyl groups excluding tert-OH is 1. The minimum atomic E-state index is 0.00894. The van der Waals surface area contributed by atoms with Gasteiger partial charge in [-0.25, -0.2) is 0 Å². The number of thiocarbonyl (C=S) groups is 1. The van der Waals surface area contributed by atoms with Crippen LogP contribution in [0.25, 0.3) is 0 Å². The molecule has 0 spiro atoms. The minimum absolute atomic E-state index is 0.00894. The lowest BCUT2D eigenvalue weighted by Gasteiger charge is -2.06. The highest BCUT2D eigenvalue weighted by Crippen LogP contribution is 2.13. The maximum atomic E-state index is 8.68. The maximum Gasteiger partial charge on any atom is 0.0785 e. The quantitative estimate of drug-likeness (QED) is 0.748. The second-order valence-corrected chi connectivity index (χ2v) is 4.66. The number of hydrogen-bond acceptors (Lipinski definition) is 2. The van der Waals surface area contributed by atoms with Crippen LogP contribution in [0.15, 0.2) is 47.6 Å². The van der Waals surface area contributed by atoms with E-state index in [9.17, 15) is 0 Å². The zero-order valence-electron chi connectivity index (χ0n) is 10.4. The third-order valence-electron chi connectivity index (χ3n) is 2.70. The summed E-state index contributed by atoms with van der Waals surface area (Å²) in [5.74, 6) is 0. The van der Waals surface area contributed by atoms with E-state index < -0.39 is 0 Å². The Labute approximate surface area is 109 Å². The molecule has 92 valence electrons. The van der Waals surface area contributed by atoms with Gasteiger partial charge in [0.05, 0.1) is 6.61 Å². The lowest BCUT2D eigenvalue weighted by Crippen LogP contribution is -2.05.